The first-order valence-corrected chi connectivity index (χ1v) is 6.22. The van der Waals surface area contributed by atoms with E-state index in [0.29, 0.717) is 17.4 Å². The average molecular weight is 279 g/mol. The van der Waals surface area contributed by atoms with Crippen LogP contribution in [-0.2, 0) is 13.6 Å². The van der Waals surface area contributed by atoms with Crippen LogP contribution in [0.1, 0.15) is 11.3 Å². The van der Waals surface area contributed by atoms with E-state index in [0.717, 1.165) is 11.3 Å². The van der Waals surface area contributed by atoms with E-state index >= 15 is 0 Å². The summed E-state index contributed by atoms with van der Waals surface area (Å²) in [7, 11) is 1.83. The van der Waals surface area contributed by atoms with E-state index < -0.39 is 0 Å². The maximum Gasteiger partial charge on any atom is 0.320 e. The molecule has 1 aromatic carbocycles. The molecule has 100 valence electrons. The highest BCUT2D eigenvalue weighted by Crippen LogP contribution is 2.09. The number of urea groups is 1. The van der Waals surface area contributed by atoms with Gasteiger partial charge >= 0.3 is 6.03 Å². The SMILES string of the molecule is Cc1cc(NC(=O)NCc2ccc(Cl)cc2)nn1C. The van der Waals surface area contributed by atoms with Crippen LogP contribution in [0, 0.1) is 6.92 Å². The smallest absolute Gasteiger partial charge is 0.320 e. The van der Waals surface area contributed by atoms with Crippen molar-refractivity contribution < 1.29 is 4.79 Å². The van der Waals surface area contributed by atoms with Crippen LogP contribution in [0.3, 0.4) is 0 Å². The number of carbonyl (C=O) groups is 1. The number of aromatic nitrogens is 2. The lowest BCUT2D eigenvalue weighted by Crippen LogP contribution is -2.28. The van der Waals surface area contributed by atoms with Crippen LogP contribution in [0.2, 0.25) is 5.02 Å². The molecule has 0 aliphatic heterocycles. The predicted molar refractivity (Wildman–Crippen MR) is 75.3 cm³/mol. The summed E-state index contributed by atoms with van der Waals surface area (Å²) in [6.45, 7) is 2.36. The van der Waals surface area contributed by atoms with E-state index in [4.69, 9.17) is 11.6 Å². The largest absolute Gasteiger partial charge is 0.334 e. The average Bonchev–Trinajstić information content (AvgIpc) is 2.67. The van der Waals surface area contributed by atoms with E-state index in [-0.39, 0.29) is 6.03 Å². The molecule has 2 aromatic rings. The molecule has 2 N–H and O–H groups in total. The van der Waals surface area contributed by atoms with Crippen LogP contribution in [0.25, 0.3) is 0 Å². The first-order chi connectivity index (χ1) is 9.04. The lowest BCUT2D eigenvalue weighted by molar-refractivity contribution is 0.251. The third-order valence-electron chi connectivity index (χ3n) is 2.72. The highest BCUT2D eigenvalue weighted by Gasteiger charge is 2.05. The van der Waals surface area contributed by atoms with E-state index in [9.17, 15) is 4.79 Å². The molecule has 0 radical (unpaired) electrons. The Balaban J connectivity index is 1.86. The highest BCUT2D eigenvalue weighted by atomic mass is 35.5. The zero-order valence-electron chi connectivity index (χ0n) is 10.8. The van der Waals surface area contributed by atoms with Crippen LogP contribution in [0.4, 0.5) is 10.6 Å². The molecule has 0 saturated heterocycles. The van der Waals surface area contributed by atoms with Gasteiger partial charge < -0.3 is 5.32 Å². The number of aryl methyl sites for hydroxylation is 2. The van der Waals surface area contributed by atoms with Crippen molar-refractivity contribution in [2.75, 3.05) is 5.32 Å². The van der Waals surface area contributed by atoms with Gasteiger partial charge in [-0.15, -0.1) is 0 Å². The van der Waals surface area contributed by atoms with Crippen LogP contribution >= 0.6 is 11.6 Å². The molecule has 0 aliphatic carbocycles. The van der Waals surface area contributed by atoms with Gasteiger partial charge in [0.2, 0.25) is 0 Å². The van der Waals surface area contributed by atoms with Crippen LogP contribution in [0.15, 0.2) is 30.3 Å². The number of halogens is 1. The number of hydrogen-bond donors (Lipinski definition) is 2. The van der Waals surface area contributed by atoms with Gasteiger partial charge in [0.15, 0.2) is 5.82 Å². The Morgan fingerprint density at radius 1 is 1.37 bits per heavy atom. The minimum atomic E-state index is -0.284. The van der Waals surface area contributed by atoms with Crippen molar-refractivity contribution in [1.82, 2.24) is 15.1 Å². The lowest BCUT2D eigenvalue weighted by atomic mass is 10.2. The van der Waals surface area contributed by atoms with Gasteiger partial charge in [0.05, 0.1) is 0 Å². The molecule has 19 heavy (non-hydrogen) atoms. The summed E-state index contributed by atoms with van der Waals surface area (Å²) in [6, 6.07) is 8.84. The summed E-state index contributed by atoms with van der Waals surface area (Å²) >= 11 is 5.79. The van der Waals surface area contributed by atoms with Crippen molar-refractivity contribution in [3.63, 3.8) is 0 Å². The molecule has 1 heterocycles. The fourth-order valence-corrected chi connectivity index (χ4v) is 1.69. The summed E-state index contributed by atoms with van der Waals surface area (Å²) in [5, 5.41) is 10.3. The van der Waals surface area contributed by atoms with Crippen molar-refractivity contribution in [3.05, 3.63) is 46.6 Å². The van der Waals surface area contributed by atoms with E-state index in [1.807, 2.05) is 32.2 Å². The molecular formula is C13H15ClN4O. The number of rotatable bonds is 3. The van der Waals surface area contributed by atoms with Gasteiger partial charge in [-0.25, -0.2) is 4.79 Å². The molecule has 2 amide bonds. The van der Waals surface area contributed by atoms with Gasteiger partial charge in [-0.1, -0.05) is 23.7 Å². The van der Waals surface area contributed by atoms with Crippen molar-refractivity contribution in [1.29, 1.82) is 0 Å². The van der Waals surface area contributed by atoms with Crippen LogP contribution in [0.5, 0.6) is 0 Å². The Hall–Kier alpha value is -2.01. The minimum Gasteiger partial charge on any atom is -0.334 e. The summed E-state index contributed by atoms with van der Waals surface area (Å²) < 4.78 is 1.70. The Morgan fingerprint density at radius 3 is 2.63 bits per heavy atom. The molecule has 0 bridgehead atoms. The van der Waals surface area contributed by atoms with E-state index in [1.165, 1.54) is 0 Å². The summed E-state index contributed by atoms with van der Waals surface area (Å²) in [6.07, 6.45) is 0. The van der Waals surface area contributed by atoms with Crippen molar-refractivity contribution in [3.8, 4) is 0 Å². The predicted octanol–water partition coefficient (Wildman–Crippen LogP) is 2.70. The first-order valence-electron chi connectivity index (χ1n) is 5.84. The standard InChI is InChI=1S/C13H15ClN4O/c1-9-7-12(17-18(9)2)16-13(19)15-8-10-3-5-11(14)6-4-10/h3-7H,8H2,1-2H3,(H2,15,16,17,19). The number of benzene rings is 1. The zero-order valence-corrected chi connectivity index (χ0v) is 11.5. The highest BCUT2D eigenvalue weighted by molar-refractivity contribution is 6.30. The molecule has 0 saturated carbocycles. The zero-order chi connectivity index (χ0) is 13.8. The molecular weight excluding hydrogens is 264 g/mol. The second-order valence-electron chi connectivity index (χ2n) is 4.23. The van der Waals surface area contributed by atoms with Gasteiger partial charge in [0.1, 0.15) is 0 Å². The van der Waals surface area contributed by atoms with Crippen molar-refractivity contribution in [2.45, 2.75) is 13.5 Å². The van der Waals surface area contributed by atoms with Crippen LogP contribution in [-0.4, -0.2) is 15.8 Å². The Morgan fingerprint density at radius 2 is 2.05 bits per heavy atom. The molecule has 0 fully saturated rings. The second kappa shape index (κ2) is 5.75. The van der Waals surface area contributed by atoms with Gasteiger partial charge in [0.25, 0.3) is 0 Å². The third-order valence-corrected chi connectivity index (χ3v) is 2.97. The molecule has 5 nitrogen and oxygen atoms in total. The molecule has 6 heteroatoms. The van der Waals surface area contributed by atoms with Gasteiger partial charge in [-0.3, -0.25) is 10.00 Å². The fraction of sp³-hybridized carbons (Fsp3) is 0.231. The number of anilines is 1. The molecule has 0 atom stereocenters. The second-order valence-corrected chi connectivity index (χ2v) is 4.67. The Bertz CT molecular complexity index is 557. The topological polar surface area (TPSA) is 59.0 Å². The molecule has 1 aromatic heterocycles. The van der Waals surface area contributed by atoms with Crippen LogP contribution < -0.4 is 10.6 Å². The number of nitrogens with one attached hydrogen (secondary N) is 2. The monoisotopic (exact) mass is 278 g/mol. The van der Waals surface area contributed by atoms with Gasteiger partial charge in [-0.2, -0.15) is 5.10 Å². The summed E-state index contributed by atoms with van der Waals surface area (Å²) in [5.41, 5.74) is 1.96. The van der Waals surface area contributed by atoms with Crippen molar-refractivity contribution in [2.24, 2.45) is 7.05 Å². The fourth-order valence-electron chi connectivity index (χ4n) is 1.57. The molecule has 0 aliphatic rings. The quantitative estimate of drug-likeness (QED) is 0.907. The van der Waals surface area contributed by atoms with Crippen molar-refractivity contribution >= 4 is 23.4 Å². The van der Waals surface area contributed by atoms with E-state index in [2.05, 4.69) is 15.7 Å². The maximum atomic E-state index is 11.7. The number of carbonyl (C=O) groups excluding carboxylic acids is 1. The maximum absolute atomic E-state index is 11.7. The third kappa shape index (κ3) is 3.72. The normalized spacial score (nSPS) is 10.3. The summed E-state index contributed by atoms with van der Waals surface area (Å²) in [5.74, 6) is 0.536. The minimum absolute atomic E-state index is 0.284. The van der Waals surface area contributed by atoms with Gasteiger partial charge in [0, 0.05) is 30.4 Å². The molecule has 0 unspecified atom stereocenters. The van der Waals surface area contributed by atoms with Gasteiger partial charge in [-0.05, 0) is 24.6 Å². The number of hydrogen-bond acceptors (Lipinski definition) is 2. The lowest BCUT2D eigenvalue weighted by Gasteiger charge is -2.05. The number of amides is 2. The summed E-state index contributed by atoms with van der Waals surface area (Å²) in [4.78, 5) is 11.7. The molecule has 0 spiro atoms. The Labute approximate surface area is 116 Å². The number of nitrogens with zero attached hydrogens (tertiary/aromatic N) is 2. The first kappa shape index (κ1) is 13.4. The molecule has 2 rings (SSSR count). The van der Waals surface area contributed by atoms with E-state index in [1.54, 1.807) is 16.8 Å². The Kier molecular flexibility index (Phi) is 4.06.